The number of fused-ring (bicyclic) bond motifs is 2. The maximum atomic E-state index is 13.1. The molecule has 0 unspecified atom stereocenters. The molecule has 2 N–H and O–H groups in total. The molecule has 2 fully saturated rings. The maximum Gasteiger partial charge on any atom is 0.253 e. The lowest BCUT2D eigenvalue weighted by molar-refractivity contribution is 0.0790. The summed E-state index contributed by atoms with van der Waals surface area (Å²) < 4.78 is 0. The summed E-state index contributed by atoms with van der Waals surface area (Å²) in [5, 5.41) is 0. The Morgan fingerprint density at radius 2 is 1.91 bits per heavy atom. The van der Waals surface area contributed by atoms with Gasteiger partial charge in [0.1, 0.15) is 6.29 Å². The minimum absolute atomic E-state index is 0.0359. The zero-order valence-corrected chi connectivity index (χ0v) is 18.3. The molecule has 1 aliphatic carbocycles. The molecule has 6 rings (SSSR count). The average molecular weight is 440 g/mol. The van der Waals surface area contributed by atoms with Crippen molar-refractivity contribution in [3.05, 3.63) is 71.5 Å². The summed E-state index contributed by atoms with van der Waals surface area (Å²) in [4.78, 5) is 37.5. The van der Waals surface area contributed by atoms with E-state index in [4.69, 9.17) is 5.73 Å². The minimum Gasteiger partial charge on any atom is -0.337 e. The second-order valence-corrected chi connectivity index (χ2v) is 9.41. The van der Waals surface area contributed by atoms with Crippen molar-refractivity contribution < 1.29 is 9.59 Å². The molecule has 0 radical (unpaired) electrons. The Bertz CT molecular complexity index is 1250. The number of benzene rings is 2. The lowest BCUT2D eigenvalue weighted by Gasteiger charge is -2.20. The van der Waals surface area contributed by atoms with Gasteiger partial charge < -0.3 is 15.5 Å². The first-order chi connectivity index (χ1) is 16.1. The number of likely N-dealkylation sites (tertiary alicyclic amines) is 1. The van der Waals surface area contributed by atoms with Gasteiger partial charge in [-0.05, 0) is 48.6 Å². The summed E-state index contributed by atoms with van der Waals surface area (Å²) in [6.07, 6.45) is 7.56. The second kappa shape index (κ2) is 7.49. The Kier molecular flexibility index (Phi) is 4.55. The molecule has 2 aliphatic heterocycles. The summed E-state index contributed by atoms with van der Waals surface area (Å²) in [6.45, 7) is 2.15. The molecule has 0 bridgehead atoms. The van der Waals surface area contributed by atoms with Crippen molar-refractivity contribution in [1.29, 1.82) is 0 Å². The second-order valence-electron chi connectivity index (χ2n) is 9.41. The van der Waals surface area contributed by atoms with Gasteiger partial charge in [-0.1, -0.05) is 24.3 Å². The zero-order chi connectivity index (χ0) is 22.6. The Morgan fingerprint density at radius 3 is 2.61 bits per heavy atom. The number of rotatable bonds is 4. The number of hydrogen-bond donors (Lipinski definition) is 1. The van der Waals surface area contributed by atoms with Crippen LogP contribution in [0.3, 0.4) is 0 Å². The molecule has 1 amide bonds. The SMILES string of the molecule is N[C@@H]1CCN(C(=O)c2ccc3c(c2)N(c2ncc(-c4cccc(C=O)c4)cn2)CC32CC2)C1. The van der Waals surface area contributed by atoms with E-state index in [0.29, 0.717) is 30.2 Å². The summed E-state index contributed by atoms with van der Waals surface area (Å²) in [6, 6.07) is 13.5. The topological polar surface area (TPSA) is 92.4 Å². The third-order valence-electron chi connectivity index (χ3n) is 7.17. The molecule has 3 aliphatic rings. The molecular weight excluding hydrogens is 414 g/mol. The molecular formula is C26H25N5O2. The van der Waals surface area contributed by atoms with Gasteiger partial charge in [-0.25, -0.2) is 9.97 Å². The van der Waals surface area contributed by atoms with Crippen LogP contribution in [0, 0.1) is 0 Å². The van der Waals surface area contributed by atoms with Crippen LogP contribution in [-0.4, -0.2) is 52.7 Å². The van der Waals surface area contributed by atoms with E-state index in [1.165, 1.54) is 5.56 Å². The van der Waals surface area contributed by atoms with Crippen LogP contribution in [0.25, 0.3) is 11.1 Å². The highest BCUT2D eigenvalue weighted by atomic mass is 16.2. The van der Waals surface area contributed by atoms with Gasteiger partial charge in [0.05, 0.1) is 0 Å². The van der Waals surface area contributed by atoms with E-state index < -0.39 is 0 Å². The van der Waals surface area contributed by atoms with Gasteiger partial charge in [0.25, 0.3) is 5.91 Å². The Morgan fingerprint density at radius 1 is 1.09 bits per heavy atom. The van der Waals surface area contributed by atoms with Crippen molar-refractivity contribution >= 4 is 23.8 Å². The van der Waals surface area contributed by atoms with Gasteiger partial charge in [0.15, 0.2) is 0 Å². The van der Waals surface area contributed by atoms with Crippen molar-refractivity contribution in [3.63, 3.8) is 0 Å². The van der Waals surface area contributed by atoms with Crippen LogP contribution in [0.2, 0.25) is 0 Å². The van der Waals surface area contributed by atoms with Crippen LogP contribution in [0.5, 0.6) is 0 Å². The van der Waals surface area contributed by atoms with Gasteiger partial charge in [0, 0.05) is 65.9 Å². The molecule has 3 aromatic rings. The summed E-state index contributed by atoms with van der Waals surface area (Å²) in [7, 11) is 0. The number of carbonyl (C=O) groups is 2. The number of hydrogen-bond acceptors (Lipinski definition) is 6. The largest absolute Gasteiger partial charge is 0.337 e. The molecule has 2 aromatic carbocycles. The molecule has 33 heavy (non-hydrogen) atoms. The molecule has 7 nitrogen and oxygen atoms in total. The molecule has 7 heteroatoms. The fraction of sp³-hybridized carbons (Fsp3) is 0.308. The van der Waals surface area contributed by atoms with Crippen LogP contribution >= 0.6 is 0 Å². The Balaban J connectivity index is 1.32. The number of nitrogens with two attached hydrogens (primary N) is 1. The fourth-order valence-electron chi connectivity index (χ4n) is 5.12. The third-order valence-corrected chi connectivity index (χ3v) is 7.17. The van der Waals surface area contributed by atoms with Gasteiger partial charge in [-0.3, -0.25) is 9.59 Å². The van der Waals surface area contributed by atoms with E-state index in [0.717, 1.165) is 48.9 Å². The molecule has 1 spiro atoms. The smallest absolute Gasteiger partial charge is 0.253 e. The first kappa shape index (κ1) is 20.1. The Hall–Kier alpha value is -3.58. The number of nitrogens with zero attached hydrogens (tertiary/aromatic N) is 4. The van der Waals surface area contributed by atoms with Gasteiger partial charge >= 0.3 is 0 Å². The molecule has 166 valence electrons. The molecule has 3 heterocycles. The standard InChI is InChI=1S/C26H25N5O2/c27-21-6-9-30(14-21)24(33)19-4-5-22-23(11-19)31(16-26(22)7-8-26)25-28-12-20(13-29-25)18-3-1-2-17(10-18)15-32/h1-5,10-13,15,21H,6-9,14,16,27H2/t21-/m1/s1. The van der Waals surface area contributed by atoms with Crippen LogP contribution < -0.4 is 10.6 Å². The van der Waals surface area contributed by atoms with Crippen molar-refractivity contribution in [1.82, 2.24) is 14.9 Å². The summed E-state index contributed by atoms with van der Waals surface area (Å²) in [5.41, 5.74) is 11.5. The Labute approximate surface area is 192 Å². The molecule has 1 saturated carbocycles. The summed E-state index contributed by atoms with van der Waals surface area (Å²) in [5.74, 6) is 0.664. The van der Waals surface area contributed by atoms with Gasteiger partial charge in [0.2, 0.25) is 5.95 Å². The average Bonchev–Trinajstić information content (AvgIpc) is 3.40. The number of aromatic nitrogens is 2. The number of amides is 1. The molecule has 1 aromatic heterocycles. The minimum atomic E-state index is 0.0359. The van der Waals surface area contributed by atoms with Crippen LogP contribution in [0.4, 0.5) is 11.6 Å². The van der Waals surface area contributed by atoms with Crippen molar-refractivity contribution in [2.45, 2.75) is 30.7 Å². The van der Waals surface area contributed by atoms with Crippen molar-refractivity contribution in [2.75, 3.05) is 24.5 Å². The van der Waals surface area contributed by atoms with Gasteiger partial charge in [-0.2, -0.15) is 0 Å². The van der Waals surface area contributed by atoms with Crippen LogP contribution in [-0.2, 0) is 5.41 Å². The zero-order valence-electron chi connectivity index (χ0n) is 18.3. The van der Waals surface area contributed by atoms with Crippen LogP contribution in [0.15, 0.2) is 54.9 Å². The predicted octanol–water partition coefficient (Wildman–Crippen LogP) is 3.31. The normalized spacial score (nSPS) is 20.2. The maximum absolute atomic E-state index is 13.1. The summed E-state index contributed by atoms with van der Waals surface area (Å²) >= 11 is 0. The van der Waals surface area contributed by atoms with E-state index in [1.54, 1.807) is 18.5 Å². The fourth-order valence-corrected chi connectivity index (χ4v) is 5.12. The predicted molar refractivity (Wildman–Crippen MR) is 126 cm³/mol. The highest BCUT2D eigenvalue weighted by Gasteiger charge is 2.52. The van der Waals surface area contributed by atoms with Gasteiger partial charge in [-0.15, -0.1) is 0 Å². The highest BCUT2D eigenvalue weighted by molar-refractivity contribution is 5.96. The molecule has 1 atom stereocenters. The van der Waals surface area contributed by atoms with E-state index in [2.05, 4.69) is 20.9 Å². The lowest BCUT2D eigenvalue weighted by atomic mass is 9.97. The van der Waals surface area contributed by atoms with Crippen LogP contribution in [0.1, 0.15) is 45.5 Å². The van der Waals surface area contributed by atoms with E-state index in [1.807, 2.05) is 35.2 Å². The van der Waals surface area contributed by atoms with E-state index in [-0.39, 0.29) is 17.4 Å². The first-order valence-electron chi connectivity index (χ1n) is 11.4. The number of aldehydes is 1. The number of carbonyl (C=O) groups excluding carboxylic acids is 2. The molecule has 1 saturated heterocycles. The first-order valence-corrected chi connectivity index (χ1v) is 11.4. The van der Waals surface area contributed by atoms with Crippen molar-refractivity contribution in [3.8, 4) is 11.1 Å². The van der Waals surface area contributed by atoms with Crippen molar-refractivity contribution in [2.24, 2.45) is 5.73 Å². The highest BCUT2D eigenvalue weighted by Crippen LogP contribution is 2.57. The van der Waals surface area contributed by atoms with E-state index >= 15 is 0 Å². The monoisotopic (exact) mass is 439 g/mol. The quantitative estimate of drug-likeness (QED) is 0.627. The lowest BCUT2D eigenvalue weighted by Crippen LogP contribution is -2.31. The van der Waals surface area contributed by atoms with E-state index in [9.17, 15) is 9.59 Å². The third kappa shape index (κ3) is 3.40. The number of anilines is 2.